The Labute approximate surface area is 105 Å². The molecule has 0 spiro atoms. The van der Waals surface area contributed by atoms with Gasteiger partial charge in [0.2, 0.25) is 5.91 Å². The molecule has 2 unspecified atom stereocenters. The number of likely N-dealkylation sites (tertiary alicyclic amines) is 1. The van der Waals surface area contributed by atoms with Crippen molar-refractivity contribution in [1.29, 1.82) is 0 Å². The number of nitrogens with one attached hydrogen (secondary N) is 1. The highest BCUT2D eigenvalue weighted by Gasteiger charge is 2.21. The van der Waals surface area contributed by atoms with E-state index in [0.717, 1.165) is 13.0 Å². The molecule has 0 aromatic rings. The Morgan fingerprint density at radius 1 is 1.47 bits per heavy atom. The van der Waals surface area contributed by atoms with Gasteiger partial charge in [-0.2, -0.15) is 0 Å². The number of hydrogen-bond acceptors (Lipinski definition) is 3. The van der Waals surface area contributed by atoms with Crippen molar-refractivity contribution in [3.05, 3.63) is 0 Å². The quantitative estimate of drug-likeness (QED) is 0.728. The fourth-order valence-corrected chi connectivity index (χ4v) is 2.58. The van der Waals surface area contributed by atoms with Crippen molar-refractivity contribution in [2.24, 2.45) is 11.7 Å². The van der Waals surface area contributed by atoms with Crippen LogP contribution in [0.25, 0.3) is 0 Å². The molecular weight excluding hydrogens is 214 g/mol. The lowest BCUT2D eigenvalue weighted by Crippen LogP contribution is -2.47. The van der Waals surface area contributed by atoms with Crippen LogP contribution in [0.5, 0.6) is 0 Å². The lowest BCUT2D eigenvalue weighted by atomic mass is 9.99. The lowest BCUT2D eigenvalue weighted by molar-refractivity contribution is -0.121. The van der Waals surface area contributed by atoms with Gasteiger partial charge in [-0.25, -0.2) is 0 Å². The van der Waals surface area contributed by atoms with Gasteiger partial charge in [0.1, 0.15) is 0 Å². The molecule has 4 nitrogen and oxygen atoms in total. The third kappa shape index (κ3) is 4.64. The summed E-state index contributed by atoms with van der Waals surface area (Å²) in [5.74, 6) is 0.0218. The Kier molecular flexibility index (Phi) is 5.92. The molecule has 1 amide bonds. The Balaban J connectivity index is 2.28. The first-order valence-corrected chi connectivity index (χ1v) is 6.75. The summed E-state index contributed by atoms with van der Waals surface area (Å²) in [6, 6.07) is 0.473. The molecule has 0 aliphatic carbocycles. The summed E-state index contributed by atoms with van der Waals surface area (Å²) in [6.45, 7) is 6.12. The van der Waals surface area contributed by atoms with E-state index in [1.54, 1.807) is 0 Å². The predicted octanol–water partition coefficient (Wildman–Crippen LogP) is 0.960. The number of rotatable bonds is 6. The van der Waals surface area contributed by atoms with Crippen molar-refractivity contribution < 1.29 is 4.79 Å². The highest BCUT2D eigenvalue weighted by molar-refractivity contribution is 5.80. The molecular formula is C13H27N3O. The van der Waals surface area contributed by atoms with Gasteiger partial charge >= 0.3 is 0 Å². The van der Waals surface area contributed by atoms with E-state index in [1.165, 1.54) is 25.8 Å². The lowest BCUT2D eigenvalue weighted by Gasteiger charge is -2.33. The summed E-state index contributed by atoms with van der Waals surface area (Å²) < 4.78 is 0. The van der Waals surface area contributed by atoms with E-state index in [9.17, 15) is 4.79 Å². The molecule has 1 saturated heterocycles. The zero-order valence-corrected chi connectivity index (χ0v) is 11.4. The molecule has 1 aliphatic rings. The van der Waals surface area contributed by atoms with Crippen LogP contribution in [0.4, 0.5) is 0 Å². The molecule has 1 fully saturated rings. The number of primary amides is 1. The molecule has 0 radical (unpaired) electrons. The van der Waals surface area contributed by atoms with Crippen molar-refractivity contribution in [3.63, 3.8) is 0 Å². The minimum Gasteiger partial charge on any atom is -0.368 e. The van der Waals surface area contributed by atoms with Crippen LogP contribution < -0.4 is 11.1 Å². The molecule has 0 saturated carbocycles. The first-order valence-electron chi connectivity index (χ1n) is 6.75. The summed E-state index contributed by atoms with van der Waals surface area (Å²) in [4.78, 5) is 13.7. The average molecular weight is 241 g/mol. The van der Waals surface area contributed by atoms with Crippen molar-refractivity contribution >= 4 is 5.91 Å². The number of hydrogen-bond donors (Lipinski definition) is 2. The smallest absolute Gasteiger partial charge is 0.234 e. The molecule has 100 valence electrons. The minimum absolute atomic E-state index is 0.191. The van der Waals surface area contributed by atoms with Crippen molar-refractivity contribution in [3.8, 4) is 0 Å². The van der Waals surface area contributed by atoms with Gasteiger partial charge in [0.05, 0.1) is 6.04 Å². The number of carbonyl (C=O) groups excluding carboxylic acids is 1. The van der Waals surface area contributed by atoms with Crippen LogP contribution >= 0.6 is 0 Å². The third-order valence-corrected chi connectivity index (χ3v) is 3.74. The zero-order chi connectivity index (χ0) is 12.8. The molecule has 3 N–H and O–H groups in total. The highest BCUT2D eigenvalue weighted by atomic mass is 16.1. The van der Waals surface area contributed by atoms with Crippen LogP contribution in [-0.2, 0) is 4.79 Å². The van der Waals surface area contributed by atoms with Crippen LogP contribution in [-0.4, -0.2) is 43.0 Å². The Morgan fingerprint density at radius 2 is 2.18 bits per heavy atom. The number of piperidine rings is 1. The summed E-state index contributed by atoms with van der Waals surface area (Å²) in [5.41, 5.74) is 5.37. The number of nitrogens with zero attached hydrogens (tertiary/aromatic N) is 1. The normalized spacial score (nSPS) is 23.9. The maximum Gasteiger partial charge on any atom is 0.234 e. The fraction of sp³-hybridized carbons (Fsp3) is 0.923. The first kappa shape index (κ1) is 14.5. The molecule has 4 heteroatoms. The minimum atomic E-state index is -0.239. The van der Waals surface area contributed by atoms with Gasteiger partial charge in [-0.1, -0.05) is 20.3 Å². The monoisotopic (exact) mass is 241 g/mol. The topological polar surface area (TPSA) is 58.4 Å². The molecule has 0 aromatic heterocycles. The van der Waals surface area contributed by atoms with E-state index in [1.807, 2.05) is 13.8 Å². The van der Waals surface area contributed by atoms with Crippen molar-refractivity contribution in [1.82, 2.24) is 10.2 Å². The Bertz CT molecular complexity index is 243. The molecule has 0 aromatic carbocycles. The van der Waals surface area contributed by atoms with E-state index in [-0.39, 0.29) is 17.9 Å². The first-order chi connectivity index (χ1) is 8.02. The second kappa shape index (κ2) is 6.97. The van der Waals surface area contributed by atoms with Crippen LogP contribution in [0.3, 0.4) is 0 Å². The molecule has 2 atom stereocenters. The summed E-state index contributed by atoms with van der Waals surface area (Å²) in [5, 5.41) is 3.29. The average Bonchev–Trinajstić information content (AvgIpc) is 2.25. The zero-order valence-electron chi connectivity index (χ0n) is 11.4. The van der Waals surface area contributed by atoms with E-state index < -0.39 is 0 Å². The maximum atomic E-state index is 11.2. The summed E-state index contributed by atoms with van der Waals surface area (Å²) >= 11 is 0. The number of amides is 1. The van der Waals surface area contributed by atoms with Gasteiger partial charge in [0.25, 0.3) is 0 Å². The number of nitrogens with two attached hydrogens (primary N) is 1. The van der Waals surface area contributed by atoms with Crippen LogP contribution in [0.2, 0.25) is 0 Å². The van der Waals surface area contributed by atoms with Gasteiger partial charge in [-0.15, -0.1) is 0 Å². The molecule has 1 aliphatic heterocycles. The van der Waals surface area contributed by atoms with Crippen LogP contribution in [0.15, 0.2) is 0 Å². The van der Waals surface area contributed by atoms with E-state index in [2.05, 4.69) is 17.3 Å². The SMILES string of the molecule is CC(C)C(NCCC1CCCCN1C)C(N)=O. The van der Waals surface area contributed by atoms with Gasteiger partial charge in [0, 0.05) is 6.04 Å². The van der Waals surface area contributed by atoms with E-state index in [0.29, 0.717) is 6.04 Å². The van der Waals surface area contributed by atoms with Gasteiger partial charge in [-0.3, -0.25) is 4.79 Å². The third-order valence-electron chi connectivity index (χ3n) is 3.74. The maximum absolute atomic E-state index is 11.2. The summed E-state index contributed by atoms with van der Waals surface area (Å²) in [6.07, 6.45) is 5.03. The second-order valence-electron chi connectivity index (χ2n) is 5.50. The largest absolute Gasteiger partial charge is 0.368 e. The van der Waals surface area contributed by atoms with E-state index >= 15 is 0 Å². The molecule has 1 heterocycles. The Hall–Kier alpha value is -0.610. The van der Waals surface area contributed by atoms with Gasteiger partial charge in [0.15, 0.2) is 0 Å². The van der Waals surface area contributed by atoms with Crippen molar-refractivity contribution in [2.75, 3.05) is 20.1 Å². The Morgan fingerprint density at radius 3 is 2.71 bits per heavy atom. The van der Waals surface area contributed by atoms with Crippen molar-refractivity contribution in [2.45, 2.75) is 51.6 Å². The van der Waals surface area contributed by atoms with Gasteiger partial charge in [-0.05, 0) is 45.3 Å². The molecule has 1 rings (SSSR count). The molecule has 17 heavy (non-hydrogen) atoms. The number of carbonyl (C=O) groups is 1. The predicted molar refractivity (Wildman–Crippen MR) is 70.7 cm³/mol. The van der Waals surface area contributed by atoms with Crippen LogP contribution in [0, 0.1) is 5.92 Å². The van der Waals surface area contributed by atoms with E-state index in [4.69, 9.17) is 5.73 Å². The standard InChI is InChI=1S/C13H27N3O/c1-10(2)12(13(14)17)15-8-7-11-6-4-5-9-16(11)3/h10-12,15H,4-9H2,1-3H3,(H2,14,17). The summed E-state index contributed by atoms with van der Waals surface area (Å²) in [7, 11) is 2.19. The van der Waals surface area contributed by atoms with Crippen LogP contribution in [0.1, 0.15) is 39.5 Å². The fourth-order valence-electron chi connectivity index (χ4n) is 2.58. The second-order valence-corrected chi connectivity index (χ2v) is 5.50. The highest BCUT2D eigenvalue weighted by Crippen LogP contribution is 2.17. The van der Waals surface area contributed by atoms with Gasteiger partial charge < -0.3 is 16.0 Å². The molecule has 0 bridgehead atoms.